The number of anilines is 1. The minimum absolute atomic E-state index is 0.168. The monoisotopic (exact) mass is 368 g/mol. The molecule has 0 N–H and O–H groups in total. The molecule has 3 nitrogen and oxygen atoms in total. The van der Waals surface area contributed by atoms with Crippen molar-refractivity contribution in [2.24, 2.45) is 0 Å². The van der Waals surface area contributed by atoms with Gasteiger partial charge in [0.1, 0.15) is 0 Å². The Hall–Kier alpha value is -0.840. The Labute approximate surface area is 138 Å². The van der Waals surface area contributed by atoms with Gasteiger partial charge in [-0.1, -0.05) is 27.5 Å². The van der Waals surface area contributed by atoms with Crippen LogP contribution in [0.15, 0.2) is 30.5 Å². The molecule has 2 heterocycles. The summed E-state index contributed by atoms with van der Waals surface area (Å²) in [5.41, 5.74) is 1.96. The average Bonchev–Trinajstić information content (AvgIpc) is 2.44. The molecule has 1 aliphatic rings. The van der Waals surface area contributed by atoms with Gasteiger partial charge in [-0.25, -0.2) is 0 Å². The molecule has 1 aliphatic heterocycles. The summed E-state index contributed by atoms with van der Waals surface area (Å²) in [6.07, 6.45) is 2.03. The van der Waals surface area contributed by atoms with Crippen molar-refractivity contribution < 1.29 is 4.74 Å². The number of morpholine rings is 1. The number of rotatable bonds is 2. The first-order chi connectivity index (χ1) is 9.98. The van der Waals surface area contributed by atoms with Gasteiger partial charge in [0.2, 0.25) is 0 Å². The van der Waals surface area contributed by atoms with E-state index in [1.54, 1.807) is 0 Å². The molecule has 1 aromatic carbocycles. The second kappa shape index (κ2) is 5.75. The zero-order chi connectivity index (χ0) is 15.0. The summed E-state index contributed by atoms with van der Waals surface area (Å²) >= 11 is 9.61. The number of alkyl halides is 1. The Balaban J connectivity index is 2.03. The van der Waals surface area contributed by atoms with E-state index in [0.717, 1.165) is 29.3 Å². The van der Waals surface area contributed by atoms with E-state index in [0.29, 0.717) is 5.02 Å². The number of benzene rings is 1. The Morgan fingerprint density at radius 2 is 2.24 bits per heavy atom. The maximum Gasteiger partial charge on any atom is 0.0854 e. The Morgan fingerprint density at radius 3 is 3.00 bits per heavy atom. The maximum atomic E-state index is 6.08. The number of hydrogen-bond donors (Lipinski definition) is 0. The number of hydrogen-bond acceptors (Lipinski definition) is 3. The lowest BCUT2D eigenvalue weighted by molar-refractivity contribution is -0.0723. The predicted octanol–water partition coefficient (Wildman–Crippen LogP) is 4.27. The fourth-order valence-corrected chi connectivity index (χ4v) is 3.44. The molecule has 0 saturated carbocycles. The molecule has 1 aromatic heterocycles. The van der Waals surface area contributed by atoms with E-state index in [9.17, 15) is 0 Å². The summed E-state index contributed by atoms with van der Waals surface area (Å²) in [5.74, 6) is 0. The van der Waals surface area contributed by atoms with Crippen molar-refractivity contribution in [3.05, 3.63) is 35.5 Å². The van der Waals surface area contributed by atoms with Crippen LogP contribution in [0.4, 0.5) is 5.69 Å². The minimum atomic E-state index is -0.168. The quantitative estimate of drug-likeness (QED) is 0.739. The molecule has 0 spiro atoms. The molecule has 112 valence electrons. The zero-order valence-corrected chi connectivity index (χ0v) is 14.5. The molecule has 3 rings (SSSR count). The molecule has 1 saturated heterocycles. The lowest BCUT2D eigenvalue weighted by Crippen LogP contribution is -2.53. The summed E-state index contributed by atoms with van der Waals surface area (Å²) in [6.45, 7) is 6.00. The molecule has 1 fully saturated rings. The normalized spacial score (nSPS) is 21.7. The Bertz CT molecular complexity index is 662. The van der Waals surface area contributed by atoms with E-state index < -0.39 is 0 Å². The van der Waals surface area contributed by atoms with Gasteiger partial charge in [0.15, 0.2) is 0 Å². The minimum Gasteiger partial charge on any atom is -0.368 e. The van der Waals surface area contributed by atoms with Crippen LogP contribution in [-0.2, 0) is 4.74 Å². The van der Waals surface area contributed by atoms with Crippen molar-refractivity contribution in [2.45, 2.75) is 25.6 Å². The highest BCUT2D eigenvalue weighted by Gasteiger charge is 2.33. The highest BCUT2D eigenvalue weighted by Crippen LogP contribution is 2.32. The number of pyridine rings is 1. The lowest BCUT2D eigenvalue weighted by atomic mass is 10.0. The lowest BCUT2D eigenvalue weighted by Gasteiger charge is -2.43. The van der Waals surface area contributed by atoms with Crippen molar-refractivity contribution in [3.63, 3.8) is 0 Å². The van der Waals surface area contributed by atoms with Crippen molar-refractivity contribution >= 4 is 44.1 Å². The molecule has 0 aliphatic carbocycles. The van der Waals surface area contributed by atoms with Crippen LogP contribution in [0.3, 0.4) is 0 Å². The van der Waals surface area contributed by atoms with Crippen LogP contribution in [0.1, 0.15) is 13.8 Å². The average molecular weight is 370 g/mol. The summed E-state index contributed by atoms with van der Waals surface area (Å²) in [7, 11) is 0. The van der Waals surface area contributed by atoms with Gasteiger partial charge in [0.05, 0.1) is 17.2 Å². The fourth-order valence-electron chi connectivity index (χ4n) is 2.94. The van der Waals surface area contributed by atoms with Crippen LogP contribution in [0.25, 0.3) is 10.9 Å². The summed E-state index contributed by atoms with van der Waals surface area (Å²) in [4.78, 5) is 6.80. The molecule has 2 aromatic rings. The fraction of sp³-hybridized carbons (Fsp3) is 0.438. The van der Waals surface area contributed by atoms with Gasteiger partial charge in [-0.3, -0.25) is 4.98 Å². The number of fused-ring (bicyclic) bond motifs is 1. The first-order valence-electron chi connectivity index (χ1n) is 7.01. The SMILES string of the molecule is CC1(C)CN(c2ccnc3cc(Cl)ccc23)CC(CBr)O1. The maximum absolute atomic E-state index is 6.08. The highest BCUT2D eigenvalue weighted by atomic mass is 79.9. The molecular formula is C16H18BrClN2O. The number of nitrogens with zero attached hydrogens (tertiary/aromatic N) is 2. The first-order valence-corrected chi connectivity index (χ1v) is 8.51. The van der Waals surface area contributed by atoms with Crippen LogP contribution >= 0.6 is 27.5 Å². The van der Waals surface area contributed by atoms with Crippen LogP contribution in [-0.4, -0.2) is 35.1 Å². The number of halogens is 2. The van der Waals surface area contributed by atoms with Crippen LogP contribution in [0.2, 0.25) is 5.02 Å². The van der Waals surface area contributed by atoms with E-state index in [2.05, 4.69) is 45.7 Å². The third kappa shape index (κ3) is 3.17. The van der Waals surface area contributed by atoms with Crippen LogP contribution in [0, 0.1) is 0 Å². The largest absolute Gasteiger partial charge is 0.368 e. The molecule has 5 heteroatoms. The van der Waals surface area contributed by atoms with E-state index in [1.165, 1.54) is 5.69 Å². The van der Waals surface area contributed by atoms with Crippen molar-refractivity contribution in [3.8, 4) is 0 Å². The van der Waals surface area contributed by atoms with Crippen LogP contribution in [0.5, 0.6) is 0 Å². The second-order valence-electron chi connectivity index (χ2n) is 6.03. The first kappa shape index (κ1) is 15.1. The summed E-state index contributed by atoms with van der Waals surface area (Å²) < 4.78 is 6.08. The van der Waals surface area contributed by atoms with E-state index >= 15 is 0 Å². The van der Waals surface area contributed by atoms with Gasteiger partial charge >= 0.3 is 0 Å². The topological polar surface area (TPSA) is 25.4 Å². The van der Waals surface area contributed by atoms with Gasteiger partial charge in [-0.2, -0.15) is 0 Å². The Kier molecular flexibility index (Phi) is 4.12. The molecule has 1 atom stereocenters. The van der Waals surface area contributed by atoms with Gasteiger partial charge in [-0.05, 0) is 38.1 Å². The molecule has 0 bridgehead atoms. The van der Waals surface area contributed by atoms with Crippen LogP contribution < -0.4 is 4.90 Å². The second-order valence-corrected chi connectivity index (χ2v) is 7.11. The van der Waals surface area contributed by atoms with E-state index in [1.807, 2.05) is 24.4 Å². The summed E-state index contributed by atoms with van der Waals surface area (Å²) in [6, 6.07) is 7.95. The van der Waals surface area contributed by atoms with Gasteiger partial charge in [0.25, 0.3) is 0 Å². The Morgan fingerprint density at radius 1 is 1.43 bits per heavy atom. The summed E-state index contributed by atoms with van der Waals surface area (Å²) in [5, 5.41) is 2.68. The number of aromatic nitrogens is 1. The van der Waals surface area contributed by atoms with E-state index in [4.69, 9.17) is 16.3 Å². The van der Waals surface area contributed by atoms with Gasteiger partial charge in [0, 0.05) is 40.7 Å². The van der Waals surface area contributed by atoms with Crippen molar-refractivity contribution in [1.82, 2.24) is 4.98 Å². The third-order valence-corrected chi connectivity index (χ3v) is 4.63. The standard InChI is InChI=1S/C16H18BrClN2O/c1-16(2)10-20(9-12(8-17)21-16)15-5-6-19-14-7-11(18)3-4-13(14)15/h3-7,12H,8-10H2,1-2H3. The van der Waals surface area contributed by atoms with E-state index in [-0.39, 0.29) is 11.7 Å². The predicted molar refractivity (Wildman–Crippen MR) is 91.7 cm³/mol. The number of ether oxygens (including phenoxy) is 1. The molecule has 0 amide bonds. The van der Waals surface area contributed by atoms with Gasteiger partial charge < -0.3 is 9.64 Å². The molecular weight excluding hydrogens is 352 g/mol. The molecule has 21 heavy (non-hydrogen) atoms. The smallest absolute Gasteiger partial charge is 0.0854 e. The molecule has 0 radical (unpaired) electrons. The van der Waals surface area contributed by atoms with Crippen molar-refractivity contribution in [1.29, 1.82) is 0 Å². The zero-order valence-electron chi connectivity index (χ0n) is 12.1. The highest BCUT2D eigenvalue weighted by molar-refractivity contribution is 9.09. The molecule has 1 unspecified atom stereocenters. The third-order valence-electron chi connectivity index (χ3n) is 3.68. The van der Waals surface area contributed by atoms with Gasteiger partial charge in [-0.15, -0.1) is 0 Å². The van der Waals surface area contributed by atoms with Crippen molar-refractivity contribution in [2.75, 3.05) is 23.3 Å².